The van der Waals surface area contributed by atoms with Crippen LogP contribution in [0.1, 0.15) is 114 Å². The van der Waals surface area contributed by atoms with Crippen LogP contribution >= 0.6 is 34.0 Å². The summed E-state index contributed by atoms with van der Waals surface area (Å²) in [4.78, 5) is 5.30. The van der Waals surface area contributed by atoms with E-state index in [2.05, 4.69) is 35.9 Å². The largest absolute Gasteiger partial charge is 0.394 e. The maximum atomic E-state index is 8.76. The van der Waals surface area contributed by atoms with Crippen LogP contribution in [-0.2, 0) is 57.5 Å². The van der Waals surface area contributed by atoms with Crippen LogP contribution < -0.4 is 0 Å². The van der Waals surface area contributed by atoms with Crippen molar-refractivity contribution in [2.24, 2.45) is 0 Å². The van der Waals surface area contributed by atoms with Gasteiger partial charge in [-0.15, -0.1) is 34.0 Å². The maximum absolute atomic E-state index is 8.76. The Labute approximate surface area is 367 Å². The molecule has 59 heavy (non-hydrogen) atoms. The summed E-state index contributed by atoms with van der Waals surface area (Å²) in [7, 11) is 0. The minimum Gasteiger partial charge on any atom is -0.394 e. The quantitative estimate of drug-likeness (QED) is 0.0533. The van der Waals surface area contributed by atoms with E-state index in [1.165, 1.54) is 126 Å². The molecule has 3 heterocycles. The smallest absolute Gasteiger partial charge is 0.0732 e. The lowest BCUT2D eigenvalue weighted by Gasteiger charge is -2.08. The molecule has 0 fully saturated rings. The number of thiophene rings is 3. The average molecular weight is 885 g/mol. The summed E-state index contributed by atoms with van der Waals surface area (Å²) >= 11 is 5.51. The van der Waals surface area contributed by atoms with Gasteiger partial charge in [-0.05, 0) is 58.5 Å². The average Bonchev–Trinajstić information content (AvgIpc) is 4.02. The fraction of sp³-hybridized carbons (Fsp3) is 0.739. The lowest BCUT2D eigenvalue weighted by atomic mass is 10.0. The number of aliphatic hydroxyl groups excluding tert-OH is 2. The fourth-order valence-corrected chi connectivity index (χ4v) is 9.82. The van der Waals surface area contributed by atoms with E-state index < -0.39 is 0 Å². The first kappa shape index (κ1) is 52.0. The van der Waals surface area contributed by atoms with Crippen LogP contribution in [0.2, 0.25) is 0 Å². The van der Waals surface area contributed by atoms with E-state index in [4.69, 9.17) is 48.1 Å². The zero-order valence-corrected chi connectivity index (χ0v) is 38.6. The van der Waals surface area contributed by atoms with Gasteiger partial charge in [0.15, 0.2) is 0 Å². The Morgan fingerprint density at radius 3 is 1.41 bits per heavy atom. The zero-order chi connectivity index (χ0) is 41.7. The molecule has 0 spiro atoms. The molecule has 3 aromatic heterocycles. The van der Waals surface area contributed by atoms with Crippen molar-refractivity contribution in [2.75, 3.05) is 106 Å². The molecule has 0 bridgehead atoms. The van der Waals surface area contributed by atoms with Crippen LogP contribution in [-0.4, -0.2) is 116 Å². The Morgan fingerprint density at radius 1 is 0.441 bits per heavy atom. The van der Waals surface area contributed by atoms with Crippen LogP contribution in [0.4, 0.5) is 0 Å². The van der Waals surface area contributed by atoms with Crippen molar-refractivity contribution in [2.45, 2.75) is 116 Å². The Bertz CT molecular complexity index is 1360. The predicted molar refractivity (Wildman–Crippen MR) is 243 cm³/mol. The van der Waals surface area contributed by atoms with Crippen molar-refractivity contribution < 1.29 is 48.1 Å². The van der Waals surface area contributed by atoms with Gasteiger partial charge in [-0.1, -0.05) is 90.4 Å². The molecule has 10 nitrogen and oxygen atoms in total. The third-order valence-corrected chi connectivity index (χ3v) is 13.2. The summed E-state index contributed by atoms with van der Waals surface area (Å²) in [5.74, 6) is 0. The summed E-state index contributed by atoms with van der Waals surface area (Å²) in [5.41, 5.74) is 3.87. The fourth-order valence-electron chi connectivity index (χ4n) is 6.49. The van der Waals surface area contributed by atoms with Crippen molar-refractivity contribution in [3.8, 4) is 19.5 Å². The minimum atomic E-state index is 0.0279. The summed E-state index contributed by atoms with van der Waals surface area (Å²) in [6.07, 6.45) is 20.2. The molecular weight excluding hydrogens is 809 g/mol. The maximum Gasteiger partial charge on any atom is 0.0732 e. The molecule has 0 aliphatic rings. The van der Waals surface area contributed by atoms with E-state index in [1.807, 2.05) is 22.7 Å². The molecule has 0 saturated carbocycles. The molecular formula is C46H76O10S3. The standard InChI is InChI=1S/C46H76O10S3/c1-2-3-4-5-6-7-8-9-10-11-12-13-14-15-16-41-36-44(43-35-40(39-58-43)37-55-32-30-53-28-26-51-24-22-49-20-18-47)59-46(41)45-42(17-34-57-45)38-56-33-31-54-29-27-52-25-23-50-21-19-48/h17,34-36,39,47-48H,2-16,18-33,37-38H2,1H3. The Kier molecular flexibility index (Phi) is 32.9. The number of unbranched alkanes of at least 4 members (excludes halogenated alkanes) is 13. The number of aryl methyl sites for hydroxylation is 1. The van der Waals surface area contributed by atoms with Crippen molar-refractivity contribution in [1.29, 1.82) is 0 Å². The number of aliphatic hydroxyl groups is 2. The molecule has 0 radical (unpaired) electrons. The first-order chi connectivity index (χ1) is 29.3. The second-order valence-corrected chi connectivity index (χ2v) is 17.5. The van der Waals surface area contributed by atoms with Gasteiger partial charge < -0.3 is 48.1 Å². The van der Waals surface area contributed by atoms with E-state index in [1.54, 1.807) is 11.3 Å². The summed E-state index contributed by atoms with van der Waals surface area (Å²) in [6, 6.07) is 6.92. The van der Waals surface area contributed by atoms with Crippen LogP contribution in [0.5, 0.6) is 0 Å². The molecule has 338 valence electrons. The number of hydrogen-bond acceptors (Lipinski definition) is 13. The molecule has 13 heteroatoms. The monoisotopic (exact) mass is 884 g/mol. The van der Waals surface area contributed by atoms with Gasteiger partial charge in [-0.25, -0.2) is 0 Å². The van der Waals surface area contributed by atoms with Gasteiger partial charge in [0.25, 0.3) is 0 Å². The number of hydrogen-bond donors (Lipinski definition) is 2. The molecule has 3 aromatic rings. The molecule has 0 atom stereocenters. The normalized spacial score (nSPS) is 11.7. The third-order valence-electron chi connectivity index (χ3n) is 9.69. The molecule has 0 aliphatic carbocycles. The van der Waals surface area contributed by atoms with Crippen molar-refractivity contribution in [1.82, 2.24) is 0 Å². The highest BCUT2D eigenvalue weighted by atomic mass is 32.1. The van der Waals surface area contributed by atoms with Crippen LogP contribution in [0, 0.1) is 0 Å². The third kappa shape index (κ3) is 25.4. The lowest BCUT2D eigenvalue weighted by molar-refractivity contribution is -0.00740. The highest BCUT2D eigenvalue weighted by Crippen LogP contribution is 2.44. The second kappa shape index (κ2) is 37.3. The summed E-state index contributed by atoms with van der Waals surface area (Å²) in [6.45, 7) is 10.2. The van der Waals surface area contributed by atoms with Gasteiger partial charge in [-0.2, -0.15) is 0 Å². The highest BCUT2D eigenvalue weighted by Gasteiger charge is 2.18. The van der Waals surface area contributed by atoms with E-state index >= 15 is 0 Å². The summed E-state index contributed by atoms with van der Waals surface area (Å²) < 4.78 is 44.7. The Balaban J connectivity index is 1.44. The van der Waals surface area contributed by atoms with Crippen LogP contribution in [0.15, 0.2) is 29.0 Å². The highest BCUT2D eigenvalue weighted by molar-refractivity contribution is 7.26. The summed E-state index contributed by atoms with van der Waals surface area (Å²) in [5, 5.41) is 21.9. The molecule has 0 amide bonds. The second-order valence-electron chi connectivity index (χ2n) is 14.6. The van der Waals surface area contributed by atoms with E-state index in [9.17, 15) is 0 Å². The zero-order valence-electron chi connectivity index (χ0n) is 36.1. The Hall–Kier alpha value is -1.30. The Morgan fingerprint density at radius 2 is 0.898 bits per heavy atom. The van der Waals surface area contributed by atoms with Gasteiger partial charge in [0.05, 0.1) is 124 Å². The van der Waals surface area contributed by atoms with Gasteiger partial charge in [0.1, 0.15) is 0 Å². The number of rotatable bonds is 43. The van der Waals surface area contributed by atoms with Crippen molar-refractivity contribution in [3.63, 3.8) is 0 Å². The minimum absolute atomic E-state index is 0.0279. The van der Waals surface area contributed by atoms with Crippen molar-refractivity contribution in [3.05, 3.63) is 45.6 Å². The van der Waals surface area contributed by atoms with Crippen LogP contribution in [0.3, 0.4) is 0 Å². The lowest BCUT2D eigenvalue weighted by Crippen LogP contribution is -2.12. The van der Waals surface area contributed by atoms with E-state index in [0.717, 1.165) is 6.42 Å². The number of ether oxygens (including phenoxy) is 8. The van der Waals surface area contributed by atoms with Gasteiger partial charge in [0.2, 0.25) is 0 Å². The molecule has 0 unspecified atom stereocenters. The predicted octanol–water partition coefficient (Wildman–Crippen LogP) is 10.3. The van der Waals surface area contributed by atoms with Gasteiger partial charge in [-0.3, -0.25) is 0 Å². The van der Waals surface area contributed by atoms with Gasteiger partial charge in [0, 0.05) is 14.6 Å². The SMILES string of the molecule is CCCCCCCCCCCCCCCCc1cc(-c2cc(COCCOCCOCCOCCO)cs2)sc1-c1sccc1COCCOCCOCCOCCO. The molecule has 0 aromatic carbocycles. The van der Waals surface area contributed by atoms with Crippen molar-refractivity contribution >= 4 is 34.0 Å². The molecule has 3 rings (SSSR count). The van der Waals surface area contributed by atoms with E-state index in [-0.39, 0.29) is 13.2 Å². The van der Waals surface area contributed by atoms with Crippen LogP contribution in [0.25, 0.3) is 19.5 Å². The first-order valence-electron chi connectivity index (χ1n) is 22.4. The first-order valence-corrected chi connectivity index (χ1v) is 24.9. The molecule has 0 aliphatic heterocycles. The van der Waals surface area contributed by atoms with E-state index in [0.29, 0.717) is 106 Å². The van der Waals surface area contributed by atoms with Gasteiger partial charge >= 0.3 is 0 Å². The topological polar surface area (TPSA) is 114 Å². The molecule has 0 saturated heterocycles. The molecule has 2 N–H and O–H groups in total.